The van der Waals surface area contributed by atoms with E-state index in [1.807, 2.05) is 0 Å². The molecule has 0 saturated carbocycles. The normalized spacial score (nSPS) is 10.8. The van der Waals surface area contributed by atoms with Crippen molar-refractivity contribution < 1.29 is 4.74 Å². The van der Waals surface area contributed by atoms with E-state index in [0.29, 0.717) is 28.2 Å². The number of benzene rings is 1. The lowest BCUT2D eigenvalue weighted by atomic mass is 10.3. The lowest BCUT2D eigenvalue weighted by molar-refractivity contribution is 0.469. The number of halogens is 1. The van der Waals surface area contributed by atoms with Crippen molar-refractivity contribution in [1.82, 2.24) is 20.2 Å². The minimum atomic E-state index is 0.453. The topological polar surface area (TPSA) is 75.7 Å². The molecule has 3 aromatic rings. The summed E-state index contributed by atoms with van der Waals surface area (Å²) in [7, 11) is 0. The van der Waals surface area contributed by atoms with Crippen molar-refractivity contribution in [1.29, 1.82) is 0 Å². The summed E-state index contributed by atoms with van der Waals surface area (Å²) in [6.45, 7) is 2.87. The lowest BCUT2D eigenvalue weighted by Crippen LogP contribution is -2.05. The largest absolute Gasteiger partial charge is 0.438 e. The number of rotatable bonds is 5. The summed E-state index contributed by atoms with van der Waals surface area (Å²) in [6.07, 6.45) is 2.63. The Morgan fingerprint density at radius 1 is 1.24 bits per heavy atom. The van der Waals surface area contributed by atoms with E-state index in [9.17, 15) is 0 Å². The maximum Gasteiger partial charge on any atom is 0.235 e. The van der Waals surface area contributed by atoms with Crippen LogP contribution in [-0.4, -0.2) is 26.7 Å². The number of hydrogen-bond donors (Lipinski definition) is 2. The molecule has 2 heterocycles. The second-order valence-electron chi connectivity index (χ2n) is 4.47. The third-order valence-corrected chi connectivity index (χ3v) is 3.09. The smallest absolute Gasteiger partial charge is 0.235 e. The Morgan fingerprint density at radius 2 is 2.05 bits per heavy atom. The fraction of sp³-hybridized carbons (Fsp3) is 0.214. The van der Waals surface area contributed by atoms with Crippen LogP contribution in [0.5, 0.6) is 11.6 Å². The van der Waals surface area contributed by atoms with E-state index in [1.165, 1.54) is 0 Å². The third kappa shape index (κ3) is 3.05. The Kier molecular flexibility index (Phi) is 3.87. The standard InChI is InChI=1S/C14H14ClN5O/c1-2-7-16-14-18-12-11(8-17-20-12)13(19-14)21-10-5-3-9(15)4-6-10/h3-6,8H,2,7H2,1H3,(H2,16,17,18,19,20). The summed E-state index contributed by atoms with van der Waals surface area (Å²) >= 11 is 5.87. The zero-order chi connectivity index (χ0) is 14.7. The van der Waals surface area contributed by atoms with Gasteiger partial charge in [-0.2, -0.15) is 15.1 Å². The van der Waals surface area contributed by atoms with Gasteiger partial charge in [0.05, 0.1) is 6.20 Å². The van der Waals surface area contributed by atoms with Gasteiger partial charge in [0.15, 0.2) is 5.65 Å². The highest BCUT2D eigenvalue weighted by molar-refractivity contribution is 6.30. The molecule has 3 rings (SSSR count). The number of fused-ring (bicyclic) bond motifs is 1. The molecule has 0 radical (unpaired) electrons. The van der Waals surface area contributed by atoms with Crippen molar-refractivity contribution in [3.05, 3.63) is 35.5 Å². The molecule has 1 aromatic carbocycles. The van der Waals surface area contributed by atoms with Gasteiger partial charge in [-0.15, -0.1) is 0 Å². The fourth-order valence-corrected chi connectivity index (χ4v) is 1.94. The molecule has 0 saturated heterocycles. The van der Waals surface area contributed by atoms with Crippen LogP contribution in [0.25, 0.3) is 11.0 Å². The second kappa shape index (κ2) is 5.97. The van der Waals surface area contributed by atoms with Crippen molar-refractivity contribution in [2.24, 2.45) is 0 Å². The van der Waals surface area contributed by atoms with Gasteiger partial charge in [-0.1, -0.05) is 18.5 Å². The molecule has 0 aliphatic rings. The molecule has 108 valence electrons. The molecule has 0 unspecified atom stereocenters. The van der Waals surface area contributed by atoms with Crippen LogP contribution in [-0.2, 0) is 0 Å². The van der Waals surface area contributed by atoms with Crippen molar-refractivity contribution in [2.75, 3.05) is 11.9 Å². The summed E-state index contributed by atoms with van der Waals surface area (Å²) in [4.78, 5) is 8.74. The number of H-pyrrole nitrogens is 1. The van der Waals surface area contributed by atoms with Gasteiger partial charge in [0, 0.05) is 11.6 Å². The van der Waals surface area contributed by atoms with Gasteiger partial charge in [0.25, 0.3) is 0 Å². The molecule has 21 heavy (non-hydrogen) atoms. The minimum Gasteiger partial charge on any atom is -0.438 e. The van der Waals surface area contributed by atoms with Crippen molar-refractivity contribution >= 4 is 28.6 Å². The molecule has 6 nitrogen and oxygen atoms in total. The Bertz CT molecular complexity index is 741. The first-order chi connectivity index (χ1) is 10.3. The average molecular weight is 304 g/mol. The van der Waals surface area contributed by atoms with Gasteiger partial charge in [0.2, 0.25) is 11.8 Å². The first kappa shape index (κ1) is 13.6. The molecule has 0 aliphatic carbocycles. The van der Waals surface area contributed by atoms with Crippen molar-refractivity contribution in [3.8, 4) is 11.6 Å². The Hall–Kier alpha value is -2.34. The van der Waals surface area contributed by atoms with Crippen LogP contribution in [0.1, 0.15) is 13.3 Å². The number of nitrogens with zero attached hydrogens (tertiary/aromatic N) is 3. The molecule has 0 aliphatic heterocycles. The summed E-state index contributed by atoms with van der Waals surface area (Å²) in [5, 5.41) is 11.3. The molecule has 0 bridgehead atoms. The molecule has 2 aromatic heterocycles. The van der Waals surface area contributed by atoms with Crippen molar-refractivity contribution in [3.63, 3.8) is 0 Å². The van der Waals surface area contributed by atoms with E-state index in [4.69, 9.17) is 16.3 Å². The van der Waals surface area contributed by atoms with Gasteiger partial charge in [0.1, 0.15) is 11.1 Å². The van der Waals surface area contributed by atoms with Crippen molar-refractivity contribution in [2.45, 2.75) is 13.3 Å². The van der Waals surface area contributed by atoms with Crippen LogP contribution >= 0.6 is 11.6 Å². The molecule has 7 heteroatoms. The van der Waals surface area contributed by atoms with Gasteiger partial charge in [-0.3, -0.25) is 5.10 Å². The maximum atomic E-state index is 5.87. The molecule has 0 spiro atoms. The lowest BCUT2D eigenvalue weighted by Gasteiger charge is -2.08. The van der Waals surface area contributed by atoms with Crippen LogP contribution in [0, 0.1) is 0 Å². The quantitative estimate of drug-likeness (QED) is 0.753. The van der Waals surface area contributed by atoms with E-state index in [2.05, 4.69) is 32.4 Å². The van der Waals surface area contributed by atoms with Crippen LogP contribution < -0.4 is 10.1 Å². The number of ether oxygens (including phenoxy) is 1. The summed E-state index contributed by atoms with van der Waals surface area (Å²) in [5.74, 6) is 1.62. The predicted molar refractivity (Wildman–Crippen MR) is 82.0 cm³/mol. The van der Waals surface area contributed by atoms with Gasteiger partial charge in [-0.05, 0) is 30.7 Å². The number of aromatic nitrogens is 4. The van der Waals surface area contributed by atoms with E-state index in [-0.39, 0.29) is 0 Å². The minimum absolute atomic E-state index is 0.453. The first-order valence-corrected chi connectivity index (χ1v) is 7.02. The van der Waals surface area contributed by atoms with Crippen LogP contribution in [0.4, 0.5) is 5.95 Å². The number of hydrogen-bond acceptors (Lipinski definition) is 5. The molecule has 0 fully saturated rings. The monoisotopic (exact) mass is 303 g/mol. The molecular formula is C14H14ClN5O. The Balaban J connectivity index is 1.95. The molecule has 0 atom stereocenters. The SMILES string of the molecule is CCCNc1nc(Oc2ccc(Cl)cc2)c2cn[nH]c2n1. The number of nitrogens with one attached hydrogen (secondary N) is 2. The van der Waals surface area contributed by atoms with Crippen LogP contribution in [0.15, 0.2) is 30.5 Å². The highest BCUT2D eigenvalue weighted by Gasteiger charge is 2.11. The zero-order valence-corrected chi connectivity index (χ0v) is 12.2. The Labute approximate surface area is 126 Å². The van der Waals surface area contributed by atoms with Gasteiger partial charge >= 0.3 is 0 Å². The maximum absolute atomic E-state index is 5.87. The first-order valence-electron chi connectivity index (χ1n) is 6.64. The Morgan fingerprint density at radius 3 is 2.81 bits per heavy atom. The number of anilines is 1. The predicted octanol–water partition coefficient (Wildman–Crippen LogP) is 3.62. The number of aromatic amines is 1. The van der Waals surface area contributed by atoms with E-state index in [1.54, 1.807) is 30.5 Å². The van der Waals surface area contributed by atoms with Gasteiger partial charge in [-0.25, -0.2) is 0 Å². The molecule has 2 N–H and O–H groups in total. The fourth-order valence-electron chi connectivity index (χ4n) is 1.82. The van der Waals surface area contributed by atoms with Crippen LogP contribution in [0.2, 0.25) is 5.02 Å². The summed E-state index contributed by atoms with van der Waals surface area (Å²) in [5.41, 5.74) is 0.632. The van der Waals surface area contributed by atoms with Gasteiger partial charge < -0.3 is 10.1 Å². The zero-order valence-electron chi connectivity index (χ0n) is 11.4. The average Bonchev–Trinajstić information content (AvgIpc) is 2.96. The van der Waals surface area contributed by atoms with E-state index >= 15 is 0 Å². The summed E-state index contributed by atoms with van der Waals surface area (Å²) in [6, 6.07) is 7.10. The highest BCUT2D eigenvalue weighted by Crippen LogP contribution is 2.28. The highest BCUT2D eigenvalue weighted by atomic mass is 35.5. The molecule has 0 amide bonds. The summed E-state index contributed by atoms with van der Waals surface area (Å²) < 4.78 is 5.82. The van der Waals surface area contributed by atoms with E-state index < -0.39 is 0 Å². The van der Waals surface area contributed by atoms with Crippen LogP contribution in [0.3, 0.4) is 0 Å². The second-order valence-corrected chi connectivity index (χ2v) is 4.90. The molecular weight excluding hydrogens is 290 g/mol. The van der Waals surface area contributed by atoms with E-state index in [0.717, 1.165) is 18.4 Å². The third-order valence-electron chi connectivity index (χ3n) is 2.84.